The maximum absolute atomic E-state index is 12.9. The molecule has 0 aliphatic heterocycles. The molecule has 6 heteroatoms. The van der Waals surface area contributed by atoms with Crippen LogP contribution in [0.25, 0.3) is 11.0 Å². The molecule has 0 aliphatic rings. The SMILES string of the molecule is COc1ccc(C(=O)c2oc3cc(NC(C)=O)ccc3c2C)cc1OC. The normalized spacial score (nSPS) is 10.6. The van der Waals surface area contributed by atoms with Crippen molar-refractivity contribution in [1.82, 2.24) is 0 Å². The van der Waals surface area contributed by atoms with Crippen molar-refractivity contribution in [2.24, 2.45) is 0 Å². The molecule has 0 radical (unpaired) electrons. The molecule has 3 rings (SSSR count). The van der Waals surface area contributed by atoms with Gasteiger partial charge in [0.25, 0.3) is 0 Å². The van der Waals surface area contributed by atoms with Crippen LogP contribution in [-0.2, 0) is 4.79 Å². The lowest BCUT2D eigenvalue weighted by Crippen LogP contribution is -2.05. The Bertz CT molecular complexity index is 1000. The molecule has 3 aromatic rings. The second kappa shape index (κ2) is 6.92. The number of anilines is 1. The number of hydrogen-bond acceptors (Lipinski definition) is 5. The fraction of sp³-hybridized carbons (Fsp3) is 0.200. The summed E-state index contributed by atoms with van der Waals surface area (Å²) < 4.78 is 16.3. The van der Waals surface area contributed by atoms with E-state index in [9.17, 15) is 9.59 Å². The molecule has 0 atom stereocenters. The van der Waals surface area contributed by atoms with Crippen LogP contribution in [0.1, 0.15) is 28.6 Å². The van der Waals surface area contributed by atoms with Crippen LogP contribution in [0.3, 0.4) is 0 Å². The van der Waals surface area contributed by atoms with Crippen LogP contribution in [0.2, 0.25) is 0 Å². The summed E-state index contributed by atoms with van der Waals surface area (Å²) in [5.74, 6) is 0.854. The highest BCUT2D eigenvalue weighted by Gasteiger charge is 2.21. The number of carbonyl (C=O) groups is 2. The molecule has 1 heterocycles. The highest BCUT2D eigenvalue weighted by atomic mass is 16.5. The van der Waals surface area contributed by atoms with Gasteiger partial charge in [0.15, 0.2) is 17.3 Å². The van der Waals surface area contributed by atoms with Gasteiger partial charge in [0.2, 0.25) is 11.7 Å². The molecular formula is C20H19NO5. The van der Waals surface area contributed by atoms with Crippen LogP contribution in [0, 0.1) is 6.92 Å². The first-order valence-corrected chi connectivity index (χ1v) is 8.02. The average Bonchev–Trinajstić information content (AvgIpc) is 2.96. The Hall–Kier alpha value is -3.28. The van der Waals surface area contributed by atoms with Crippen molar-refractivity contribution in [1.29, 1.82) is 0 Å². The summed E-state index contributed by atoms with van der Waals surface area (Å²) >= 11 is 0. The molecule has 134 valence electrons. The van der Waals surface area contributed by atoms with Crippen molar-refractivity contribution in [3.05, 3.63) is 53.3 Å². The lowest BCUT2D eigenvalue weighted by atomic mass is 10.0. The van der Waals surface area contributed by atoms with Crippen molar-refractivity contribution in [3.8, 4) is 11.5 Å². The summed E-state index contributed by atoms with van der Waals surface area (Å²) in [7, 11) is 3.05. The molecule has 0 fully saturated rings. The second-order valence-corrected chi connectivity index (χ2v) is 5.85. The van der Waals surface area contributed by atoms with Gasteiger partial charge in [0.1, 0.15) is 5.58 Å². The zero-order chi connectivity index (χ0) is 18.8. The number of methoxy groups -OCH3 is 2. The van der Waals surface area contributed by atoms with E-state index in [1.807, 2.05) is 13.0 Å². The lowest BCUT2D eigenvalue weighted by molar-refractivity contribution is -0.114. The zero-order valence-electron chi connectivity index (χ0n) is 15.0. The van der Waals surface area contributed by atoms with Crippen LogP contribution in [0.4, 0.5) is 5.69 Å². The summed E-state index contributed by atoms with van der Waals surface area (Å²) in [6.07, 6.45) is 0. The molecule has 0 spiro atoms. The Morgan fingerprint density at radius 2 is 1.73 bits per heavy atom. The monoisotopic (exact) mass is 353 g/mol. The van der Waals surface area contributed by atoms with E-state index in [2.05, 4.69) is 5.32 Å². The zero-order valence-corrected chi connectivity index (χ0v) is 15.0. The third-order valence-corrected chi connectivity index (χ3v) is 4.11. The van der Waals surface area contributed by atoms with E-state index >= 15 is 0 Å². The van der Waals surface area contributed by atoms with Crippen molar-refractivity contribution in [2.75, 3.05) is 19.5 Å². The van der Waals surface area contributed by atoms with Gasteiger partial charge in [-0.25, -0.2) is 0 Å². The highest BCUT2D eigenvalue weighted by molar-refractivity contribution is 6.11. The molecule has 0 saturated carbocycles. The third kappa shape index (κ3) is 3.13. The van der Waals surface area contributed by atoms with E-state index < -0.39 is 0 Å². The van der Waals surface area contributed by atoms with E-state index in [-0.39, 0.29) is 17.5 Å². The van der Waals surface area contributed by atoms with E-state index in [0.29, 0.717) is 28.3 Å². The van der Waals surface area contributed by atoms with Crippen molar-refractivity contribution >= 4 is 28.3 Å². The predicted octanol–water partition coefficient (Wildman–Crippen LogP) is 3.95. The van der Waals surface area contributed by atoms with Gasteiger partial charge in [0, 0.05) is 35.2 Å². The van der Waals surface area contributed by atoms with E-state index in [1.165, 1.54) is 21.1 Å². The molecule has 1 amide bonds. The maximum atomic E-state index is 12.9. The van der Waals surface area contributed by atoms with E-state index in [4.69, 9.17) is 13.9 Å². The van der Waals surface area contributed by atoms with Gasteiger partial charge in [-0.15, -0.1) is 0 Å². The van der Waals surface area contributed by atoms with Gasteiger partial charge in [-0.3, -0.25) is 9.59 Å². The minimum Gasteiger partial charge on any atom is -0.493 e. The summed E-state index contributed by atoms with van der Waals surface area (Å²) in [6.45, 7) is 3.27. The molecule has 1 aromatic heterocycles. The number of carbonyl (C=O) groups excluding carboxylic acids is 2. The Kier molecular flexibility index (Phi) is 4.67. The number of hydrogen-bond donors (Lipinski definition) is 1. The van der Waals surface area contributed by atoms with Crippen molar-refractivity contribution in [3.63, 3.8) is 0 Å². The number of amides is 1. The van der Waals surface area contributed by atoms with Gasteiger partial charge in [-0.1, -0.05) is 0 Å². The smallest absolute Gasteiger partial charge is 0.228 e. The molecule has 2 aromatic carbocycles. The van der Waals surface area contributed by atoms with Crippen LogP contribution in [0.5, 0.6) is 11.5 Å². The fourth-order valence-electron chi connectivity index (χ4n) is 2.83. The van der Waals surface area contributed by atoms with Crippen molar-refractivity contribution < 1.29 is 23.5 Å². The number of furan rings is 1. The number of ether oxygens (including phenoxy) is 2. The molecule has 0 bridgehead atoms. The summed E-state index contributed by atoms with van der Waals surface area (Å²) in [6, 6.07) is 10.3. The van der Waals surface area contributed by atoms with Crippen LogP contribution >= 0.6 is 0 Å². The number of nitrogens with one attached hydrogen (secondary N) is 1. The van der Waals surface area contributed by atoms with E-state index in [1.54, 1.807) is 30.3 Å². The second-order valence-electron chi connectivity index (χ2n) is 5.85. The predicted molar refractivity (Wildman–Crippen MR) is 98.2 cm³/mol. The minimum absolute atomic E-state index is 0.172. The van der Waals surface area contributed by atoms with Crippen LogP contribution in [0.15, 0.2) is 40.8 Å². The first kappa shape index (κ1) is 17.5. The molecule has 1 N–H and O–H groups in total. The first-order chi connectivity index (χ1) is 12.4. The molecule has 0 saturated heterocycles. The van der Waals surface area contributed by atoms with Crippen LogP contribution < -0.4 is 14.8 Å². The standard InChI is InChI=1S/C20H19NO5/c1-11-15-7-6-14(21-12(2)22)10-17(15)26-20(11)19(23)13-5-8-16(24-3)18(9-13)25-4/h5-10H,1-4H3,(H,21,22). The molecule has 6 nitrogen and oxygen atoms in total. The number of ketones is 1. The van der Waals surface area contributed by atoms with Gasteiger partial charge >= 0.3 is 0 Å². The third-order valence-electron chi connectivity index (χ3n) is 4.11. The molecule has 0 aliphatic carbocycles. The summed E-state index contributed by atoms with van der Waals surface area (Å²) in [5, 5.41) is 3.52. The number of rotatable bonds is 5. The van der Waals surface area contributed by atoms with Crippen molar-refractivity contribution in [2.45, 2.75) is 13.8 Å². The number of aryl methyl sites for hydroxylation is 1. The molecule has 26 heavy (non-hydrogen) atoms. The first-order valence-electron chi connectivity index (χ1n) is 8.02. The summed E-state index contributed by atoms with van der Waals surface area (Å²) in [4.78, 5) is 24.1. The highest BCUT2D eigenvalue weighted by Crippen LogP contribution is 2.32. The minimum atomic E-state index is -0.249. The Labute approximate surface area is 150 Å². The lowest BCUT2D eigenvalue weighted by Gasteiger charge is -2.08. The Morgan fingerprint density at radius 3 is 2.38 bits per heavy atom. The Balaban J connectivity index is 2.03. The fourth-order valence-corrected chi connectivity index (χ4v) is 2.83. The van der Waals surface area contributed by atoms with Gasteiger partial charge in [0.05, 0.1) is 14.2 Å². The average molecular weight is 353 g/mol. The quantitative estimate of drug-likeness (QED) is 0.703. The number of benzene rings is 2. The topological polar surface area (TPSA) is 77.8 Å². The van der Waals surface area contributed by atoms with Gasteiger partial charge in [-0.05, 0) is 37.3 Å². The largest absolute Gasteiger partial charge is 0.493 e. The van der Waals surface area contributed by atoms with Gasteiger partial charge in [-0.2, -0.15) is 0 Å². The maximum Gasteiger partial charge on any atom is 0.228 e. The van der Waals surface area contributed by atoms with Gasteiger partial charge < -0.3 is 19.2 Å². The molecular weight excluding hydrogens is 334 g/mol. The summed E-state index contributed by atoms with van der Waals surface area (Å²) in [5.41, 5.74) is 2.34. The Morgan fingerprint density at radius 1 is 1.00 bits per heavy atom. The van der Waals surface area contributed by atoms with E-state index in [0.717, 1.165) is 10.9 Å². The number of fused-ring (bicyclic) bond motifs is 1. The molecule has 0 unspecified atom stereocenters. The van der Waals surface area contributed by atoms with Crippen LogP contribution in [-0.4, -0.2) is 25.9 Å².